The molecule has 118 valence electrons. The minimum atomic E-state index is -0.665. The third-order valence-corrected chi connectivity index (χ3v) is 4.10. The highest BCUT2D eigenvalue weighted by atomic mass is 35.5. The van der Waals surface area contributed by atoms with Crippen molar-refractivity contribution in [2.45, 2.75) is 20.5 Å². The highest BCUT2D eigenvalue weighted by molar-refractivity contribution is 6.20. The first-order valence-corrected chi connectivity index (χ1v) is 7.43. The largest absolute Gasteiger partial charge is 0.380 e. The summed E-state index contributed by atoms with van der Waals surface area (Å²) in [5, 5.41) is 3.70. The normalized spacial score (nSPS) is 11.6. The number of aromatic amines is 1. The van der Waals surface area contributed by atoms with Crippen molar-refractivity contribution in [1.29, 1.82) is 0 Å². The van der Waals surface area contributed by atoms with Crippen molar-refractivity contribution >= 4 is 34.1 Å². The lowest BCUT2D eigenvalue weighted by Crippen LogP contribution is -2.32. The number of methoxy groups -OCH3 is 1. The fraction of sp³-hybridized carbons (Fsp3) is 0.375. The Morgan fingerprint density at radius 3 is 2.73 bits per heavy atom. The van der Waals surface area contributed by atoms with Crippen LogP contribution in [0, 0.1) is 5.41 Å². The van der Waals surface area contributed by atoms with E-state index in [1.807, 2.05) is 6.07 Å². The van der Waals surface area contributed by atoms with Crippen molar-refractivity contribution in [3.8, 4) is 0 Å². The van der Waals surface area contributed by atoms with E-state index in [-0.39, 0.29) is 17.3 Å². The number of ether oxygens (including phenoxy) is 1. The van der Waals surface area contributed by atoms with Crippen LogP contribution >= 0.6 is 11.6 Å². The summed E-state index contributed by atoms with van der Waals surface area (Å²) < 4.78 is 5.11. The molecule has 2 rings (SSSR count). The minimum Gasteiger partial charge on any atom is -0.380 e. The van der Waals surface area contributed by atoms with Gasteiger partial charge >= 0.3 is 0 Å². The Kier molecular flexibility index (Phi) is 4.88. The Bertz CT molecular complexity index is 753. The topological polar surface area (TPSA) is 71.2 Å². The molecule has 0 spiro atoms. The van der Waals surface area contributed by atoms with Gasteiger partial charge in [-0.25, -0.2) is 0 Å². The molecule has 0 aliphatic rings. The molecule has 0 saturated heterocycles. The highest BCUT2D eigenvalue weighted by Crippen LogP contribution is 2.23. The maximum atomic E-state index is 12.2. The number of hydrogen-bond acceptors (Lipinski definition) is 3. The van der Waals surface area contributed by atoms with E-state index in [4.69, 9.17) is 16.3 Å². The first-order valence-electron chi connectivity index (χ1n) is 6.89. The standard InChI is InChI=1S/C16H19ClN2O3/c1-16(2,9-17)15(21)18-11-4-5-12-10(8-22-3)6-14(20)19-13(12)7-11/h4-7H,8-9H2,1-3H3,(H,18,21)(H,19,20). The van der Waals surface area contributed by atoms with Gasteiger partial charge in [0.2, 0.25) is 11.5 Å². The van der Waals surface area contributed by atoms with Crippen LogP contribution < -0.4 is 10.9 Å². The molecule has 0 fully saturated rings. The summed E-state index contributed by atoms with van der Waals surface area (Å²) in [6.07, 6.45) is 0. The van der Waals surface area contributed by atoms with E-state index in [9.17, 15) is 9.59 Å². The lowest BCUT2D eigenvalue weighted by Gasteiger charge is -2.20. The van der Waals surface area contributed by atoms with Crippen LogP contribution in [0.1, 0.15) is 19.4 Å². The fourth-order valence-corrected chi connectivity index (χ4v) is 2.17. The predicted molar refractivity (Wildman–Crippen MR) is 88.4 cm³/mol. The minimum absolute atomic E-state index is 0.169. The molecule has 0 bridgehead atoms. The van der Waals surface area contributed by atoms with Gasteiger partial charge in [-0.05, 0) is 31.5 Å². The summed E-state index contributed by atoms with van der Waals surface area (Å²) in [6.45, 7) is 3.90. The van der Waals surface area contributed by atoms with Gasteiger partial charge in [-0.1, -0.05) is 6.07 Å². The molecule has 1 aromatic heterocycles. The zero-order valence-electron chi connectivity index (χ0n) is 12.8. The van der Waals surface area contributed by atoms with Gasteiger partial charge in [0.25, 0.3) is 0 Å². The number of hydrogen-bond donors (Lipinski definition) is 2. The number of aromatic nitrogens is 1. The van der Waals surface area contributed by atoms with Crippen LogP contribution in [-0.4, -0.2) is 23.9 Å². The molecule has 0 aliphatic heterocycles. The number of benzene rings is 1. The maximum Gasteiger partial charge on any atom is 0.248 e. The summed E-state index contributed by atoms with van der Waals surface area (Å²) in [5.74, 6) is 0.0542. The second-order valence-electron chi connectivity index (χ2n) is 5.82. The molecule has 1 aromatic carbocycles. The first kappa shape index (κ1) is 16.5. The number of H-pyrrole nitrogens is 1. The molecule has 6 heteroatoms. The number of fused-ring (bicyclic) bond motifs is 1. The summed E-state index contributed by atoms with van der Waals surface area (Å²) in [4.78, 5) is 26.6. The zero-order chi connectivity index (χ0) is 16.3. The molecule has 0 saturated carbocycles. The highest BCUT2D eigenvalue weighted by Gasteiger charge is 2.26. The molecule has 1 amide bonds. The number of pyridine rings is 1. The number of nitrogens with one attached hydrogen (secondary N) is 2. The molecule has 2 N–H and O–H groups in total. The quantitative estimate of drug-likeness (QED) is 0.831. The molecule has 1 heterocycles. The Morgan fingerprint density at radius 1 is 1.36 bits per heavy atom. The van der Waals surface area contributed by atoms with Gasteiger partial charge in [0.1, 0.15) is 0 Å². The van der Waals surface area contributed by atoms with E-state index in [0.29, 0.717) is 17.8 Å². The zero-order valence-corrected chi connectivity index (χ0v) is 13.6. The van der Waals surface area contributed by atoms with Crippen LogP contribution in [0.2, 0.25) is 0 Å². The number of amides is 1. The van der Waals surface area contributed by atoms with E-state index >= 15 is 0 Å². The monoisotopic (exact) mass is 322 g/mol. The van der Waals surface area contributed by atoms with Gasteiger partial charge in [0.15, 0.2) is 0 Å². The lowest BCUT2D eigenvalue weighted by molar-refractivity contribution is -0.122. The molecule has 0 radical (unpaired) electrons. The van der Waals surface area contributed by atoms with Crippen LogP contribution in [0.15, 0.2) is 29.1 Å². The number of halogens is 1. The number of carbonyl (C=O) groups is 1. The molecule has 0 aliphatic carbocycles. The molecule has 0 unspecified atom stereocenters. The Hall–Kier alpha value is -1.85. The average molecular weight is 323 g/mol. The summed E-state index contributed by atoms with van der Waals surface area (Å²) in [5.41, 5.74) is 1.20. The van der Waals surface area contributed by atoms with E-state index < -0.39 is 5.41 Å². The molecule has 5 nitrogen and oxygen atoms in total. The van der Waals surface area contributed by atoms with Crippen molar-refractivity contribution in [3.63, 3.8) is 0 Å². The first-order chi connectivity index (χ1) is 10.4. The van der Waals surface area contributed by atoms with E-state index in [2.05, 4.69) is 10.3 Å². The van der Waals surface area contributed by atoms with E-state index in [0.717, 1.165) is 10.9 Å². The Labute approximate surface area is 133 Å². The number of anilines is 1. The van der Waals surface area contributed by atoms with Crippen molar-refractivity contribution < 1.29 is 9.53 Å². The smallest absolute Gasteiger partial charge is 0.248 e. The van der Waals surface area contributed by atoms with Gasteiger partial charge in [-0.3, -0.25) is 9.59 Å². The maximum absolute atomic E-state index is 12.2. The van der Waals surface area contributed by atoms with Crippen LogP contribution in [-0.2, 0) is 16.1 Å². The third-order valence-electron chi connectivity index (χ3n) is 3.44. The van der Waals surface area contributed by atoms with Crippen LogP contribution in [0.3, 0.4) is 0 Å². The van der Waals surface area contributed by atoms with Gasteiger partial charge in [0.05, 0.1) is 17.5 Å². The third kappa shape index (κ3) is 3.48. The van der Waals surface area contributed by atoms with Gasteiger partial charge in [-0.15, -0.1) is 11.6 Å². The Morgan fingerprint density at radius 2 is 2.09 bits per heavy atom. The van der Waals surface area contributed by atoms with Crippen LogP contribution in [0.4, 0.5) is 5.69 Å². The fourth-order valence-electron chi connectivity index (χ4n) is 2.05. The molecular formula is C16H19ClN2O3. The van der Waals surface area contributed by atoms with Crippen molar-refractivity contribution in [3.05, 3.63) is 40.2 Å². The summed E-state index contributed by atoms with van der Waals surface area (Å²) in [7, 11) is 1.58. The second kappa shape index (κ2) is 6.50. The second-order valence-corrected chi connectivity index (χ2v) is 6.09. The SMILES string of the molecule is COCc1cc(=O)[nH]c2cc(NC(=O)C(C)(C)CCl)ccc12. The van der Waals surface area contributed by atoms with Crippen molar-refractivity contribution in [1.82, 2.24) is 4.98 Å². The number of rotatable bonds is 5. The average Bonchev–Trinajstić information content (AvgIpc) is 2.47. The van der Waals surface area contributed by atoms with Gasteiger partial charge in [-0.2, -0.15) is 0 Å². The number of alkyl halides is 1. The number of carbonyl (C=O) groups excluding carboxylic acids is 1. The molecule has 0 atom stereocenters. The van der Waals surface area contributed by atoms with E-state index in [1.165, 1.54) is 6.07 Å². The predicted octanol–water partition coefficient (Wildman–Crippen LogP) is 2.88. The molecule has 22 heavy (non-hydrogen) atoms. The van der Waals surface area contributed by atoms with Crippen molar-refractivity contribution in [2.75, 3.05) is 18.3 Å². The lowest BCUT2D eigenvalue weighted by atomic mass is 9.95. The van der Waals surface area contributed by atoms with Crippen LogP contribution in [0.25, 0.3) is 10.9 Å². The van der Waals surface area contributed by atoms with Gasteiger partial charge < -0.3 is 15.0 Å². The van der Waals surface area contributed by atoms with Crippen molar-refractivity contribution in [2.24, 2.45) is 5.41 Å². The summed E-state index contributed by atoms with van der Waals surface area (Å²) >= 11 is 5.80. The molecule has 2 aromatic rings. The molecular weight excluding hydrogens is 304 g/mol. The van der Waals surface area contributed by atoms with Gasteiger partial charge in [0, 0.05) is 30.1 Å². The summed E-state index contributed by atoms with van der Waals surface area (Å²) in [6, 6.07) is 6.89. The van der Waals surface area contributed by atoms with Crippen LogP contribution in [0.5, 0.6) is 0 Å². The van der Waals surface area contributed by atoms with E-state index in [1.54, 1.807) is 33.1 Å². The Balaban J connectivity index is 2.39.